The Morgan fingerprint density at radius 3 is 2.41 bits per heavy atom. The van der Waals surface area contributed by atoms with Crippen LogP contribution >= 0.6 is 0 Å². The molecule has 1 heterocycles. The van der Waals surface area contributed by atoms with Crippen LogP contribution in [0, 0.1) is 18.3 Å². The summed E-state index contributed by atoms with van der Waals surface area (Å²) >= 11 is 0. The van der Waals surface area contributed by atoms with Gasteiger partial charge in [-0.1, -0.05) is 44.5 Å². The van der Waals surface area contributed by atoms with Crippen molar-refractivity contribution in [3.05, 3.63) is 36.0 Å². The summed E-state index contributed by atoms with van der Waals surface area (Å²) in [6, 6.07) is 9.30. The quantitative estimate of drug-likeness (QED) is 0.784. The summed E-state index contributed by atoms with van der Waals surface area (Å²) in [5.41, 5.74) is 1.75. The molecule has 1 N–H and O–H groups in total. The summed E-state index contributed by atoms with van der Waals surface area (Å²) in [4.78, 5) is 4.59. The first-order valence-corrected chi connectivity index (χ1v) is 8.55. The van der Waals surface area contributed by atoms with E-state index in [0.29, 0.717) is 11.5 Å². The maximum atomic E-state index is 4.59. The number of anilines is 1. The Hall–Kier alpha value is -1.57. The molecule has 0 bridgehead atoms. The molecule has 1 aliphatic rings. The Bertz CT molecular complexity index is 646. The van der Waals surface area contributed by atoms with Crippen molar-refractivity contribution in [3.63, 3.8) is 0 Å². The molecular formula is C20H28N2. The number of nitrogens with one attached hydrogen (secondary N) is 1. The van der Waals surface area contributed by atoms with Crippen molar-refractivity contribution in [2.75, 3.05) is 5.32 Å². The maximum absolute atomic E-state index is 4.59. The molecule has 0 spiro atoms. The van der Waals surface area contributed by atoms with Gasteiger partial charge in [0, 0.05) is 17.6 Å². The molecule has 2 nitrogen and oxygen atoms in total. The highest BCUT2D eigenvalue weighted by Gasteiger charge is 2.29. The lowest BCUT2D eigenvalue weighted by Crippen LogP contribution is -2.31. The van der Waals surface area contributed by atoms with Crippen LogP contribution in [0.3, 0.4) is 0 Å². The van der Waals surface area contributed by atoms with E-state index in [0.717, 1.165) is 11.7 Å². The number of pyridine rings is 1. The average molecular weight is 296 g/mol. The number of benzene rings is 1. The molecule has 1 saturated carbocycles. The SMILES string of the molecule is Cc1ccc2cnc(NC3CCC(C(C)(C)C)CC3)cc2c1. The monoisotopic (exact) mass is 296 g/mol. The van der Waals surface area contributed by atoms with E-state index in [9.17, 15) is 0 Å². The zero-order valence-electron chi connectivity index (χ0n) is 14.3. The average Bonchev–Trinajstić information content (AvgIpc) is 2.46. The van der Waals surface area contributed by atoms with Crippen LogP contribution < -0.4 is 5.32 Å². The van der Waals surface area contributed by atoms with Gasteiger partial charge in [0.15, 0.2) is 0 Å². The molecular weight excluding hydrogens is 268 g/mol. The van der Waals surface area contributed by atoms with Gasteiger partial charge in [-0.2, -0.15) is 0 Å². The number of hydrogen-bond acceptors (Lipinski definition) is 2. The van der Waals surface area contributed by atoms with Gasteiger partial charge in [-0.25, -0.2) is 4.98 Å². The van der Waals surface area contributed by atoms with Crippen molar-refractivity contribution in [1.82, 2.24) is 4.98 Å². The summed E-state index contributed by atoms with van der Waals surface area (Å²) in [5.74, 6) is 1.88. The number of rotatable bonds is 2. The molecule has 1 aliphatic carbocycles. The van der Waals surface area contributed by atoms with Crippen LogP contribution in [0.2, 0.25) is 0 Å². The van der Waals surface area contributed by atoms with Crippen LogP contribution in [0.1, 0.15) is 52.0 Å². The topological polar surface area (TPSA) is 24.9 Å². The molecule has 1 aromatic carbocycles. The zero-order chi connectivity index (χ0) is 15.7. The Labute approximate surface area is 134 Å². The highest BCUT2D eigenvalue weighted by atomic mass is 15.0. The van der Waals surface area contributed by atoms with Crippen LogP contribution in [-0.4, -0.2) is 11.0 Å². The van der Waals surface area contributed by atoms with Crippen molar-refractivity contribution in [1.29, 1.82) is 0 Å². The van der Waals surface area contributed by atoms with Crippen LogP contribution in [0.25, 0.3) is 10.8 Å². The third-order valence-electron chi connectivity index (χ3n) is 5.18. The molecule has 0 unspecified atom stereocenters. The molecule has 118 valence electrons. The van der Waals surface area contributed by atoms with Gasteiger partial charge in [-0.15, -0.1) is 0 Å². The van der Waals surface area contributed by atoms with Gasteiger partial charge in [0.05, 0.1) is 0 Å². The van der Waals surface area contributed by atoms with Crippen molar-refractivity contribution in [3.8, 4) is 0 Å². The molecule has 3 rings (SSSR count). The normalized spacial score (nSPS) is 22.7. The first-order valence-electron chi connectivity index (χ1n) is 8.55. The number of nitrogens with zero attached hydrogens (tertiary/aromatic N) is 1. The van der Waals surface area contributed by atoms with E-state index >= 15 is 0 Å². The molecule has 0 saturated heterocycles. The second-order valence-corrected chi connectivity index (χ2v) is 7.98. The molecule has 1 fully saturated rings. The molecule has 0 amide bonds. The summed E-state index contributed by atoms with van der Waals surface area (Å²) in [6.45, 7) is 9.26. The second-order valence-electron chi connectivity index (χ2n) is 7.98. The standard InChI is InChI=1S/C20H28N2/c1-14-5-6-15-13-21-19(12-16(15)11-14)22-18-9-7-17(8-10-18)20(2,3)4/h5-6,11-13,17-18H,7-10H2,1-4H3,(H,21,22). The predicted molar refractivity (Wildman–Crippen MR) is 95.3 cm³/mol. The van der Waals surface area contributed by atoms with E-state index in [1.807, 2.05) is 6.20 Å². The van der Waals surface area contributed by atoms with Crippen LogP contribution in [0.4, 0.5) is 5.82 Å². The van der Waals surface area contributed by atoms with Crippen LogP contribution in [0.15, 0.2) is 30.5 Å². The molecule has 22 heavy (non-hydrogen) atoms. The first kappa shape index (κ1) is 15.3. The molecule has 2 aromatic rings. The highest BCUT2D eigenvalue weighted by Crippen LogP contribution is 2.38. The van der Waals surface area contributed by atoms with Crippen molar-refractivity contribution < 1.29 is 0 Å². The van der Waals surface area contributed by atoms with Gasteiger partial charge in [0.2, 0.25) is 0 Å². The fourth-order valence-corrected chi connectivity index (χ4v) is 3.65. The Balaban J connectivity index is 1.67. The Kier molecular flexibility index (Phi) is 4.12. The fraction of sp³-hybridized carbons (Fsp3) is 0.550. The van der Waals surface area contributed by atoms with E-state index < -0.39 is 0 Å². The second kappa shape index (κ2) is 5.91. The number of fused-ring (bicyclic) bond motifs is 1. The lowest BCUT2D eigenvalue weighted by molar-refractivity contribution is 0.173. The van der Waals surface area contributed by atoms with Crippen molar-refractivity contribution in [2.24, 2.45) is 11.3 Å². The van der Waals surface area contributed by atoms with Gasteiger partial charge in [-0.3, -0.25) is 0 Å². The molecule has 0 atom stereocenters. The molecule has 1 aromatic heterocycles. The lowest BCUT2D eigenvalue weighted by atomic mass is 9.71. The highest BCUT2D eigenvalue weighted by molar-refractivity contribution is 5.84. The van der Waals surface area contributed by atoms with Gasteiger partial charge >= 0.3 is 0 Å². The van der Waals surface area contributed by atoms with E-state index in [-0.39, 0.29) is 0 Å². The number of aryl methyl sites for hydroxylation is 1. The van der Waals surface area contributed by atoms with E-state index in [1.54, 1.807) is 0 Å². The lowest BCUT2D eigenvalue weighted by Gasteiger charge is -2.37. The smallest absolute Gasteiger partial charge is 0.126 e. The van der Waals surface area contributed by atoms with E-state index in [4.69, 9.17) is 0 Å². The number of hydrogen-bond donors (Lipinski definition) is 1. The summed E-state index contributed by atoms with van der Waals surface area (Å²) < 4.78 is 0. The summed E-state index contributed by atoms with van der Waals surface area (Å²) in [6.07, 6.45) is 7.16. The minimum absolute atomic E-state index is 0.448. The Morgan fingerprint density at radius 2 is 1.73 bits per heavy atom. The van der Waals surface area contributed by atoms with Crippen molar-refractivity contribution in [2.45, 2.75) is 59.4 Å². The maximum Gasteiger partial charge on any atom is 0.126 e. The predicted octanol–water partition coefficient (Wildman–Crippen LogP) is 5.56. The van der Waals surface area contributed by atoms with Gasteiger partial charge < -0.3 is 5.32 Å². The van der Waals surface area contributed by atoms with Gasteiger partial charge in [0.25, 0.3) is 0 Å². The summed E-state index contributed by atoms with van der Waals surface area (Å²) in [7, 11) is 0. The van der Waals surface area contributed by atoms with Crippen molar-refractivity contribution >= 4 is 16.6 Å². The fourth-order valence-electron chi connectivity index (χ4n) is 3.65. The van der Waals surface area contributed by atoms with Crippen LogP contribution in [-0.2, 0) is 0 Å². The first-order chi connectivity index (χ1) is 10.4. The Morgan fingerprint density at radius 1 is 1.00 bits per heavy atom. The molecule has 2 heteroatoms. The molecule has 0 aliphatic heterocycles. The third kappa shape index (κ3) is 3.43. The van der Waals surface area contributed by atoms with E-state index in [1.165, 1.54) is 42.0 Å². The molecule has 0 radical (unpaired) electrons. The largest absolute Gasteiger partial charge is 0.367 e. The third-order valence-corrected chi connectivity index (χ3v) is 5.18. The number of aromatic nitrogens is 1. The summed E-state index contributed by atoms with van der Waals surface area (Å²) in [5, 5.41) is 6.15. The van der Waals surface area contributed by atoms with Crippen LogP contribution in [0.5, 0.6) is 0 Å². The zero-order valence-corrected chi connectivity index (χ0v) is 14.3. The minimum atomic E-state index is 0.448. The van der Waals surface area contributed by atoms with Gasteiger partial charge in [0.1, 0.15) is 5.82 Å². The van der Waals surface area contributed by atoms with E-state index in [2.05, 4.69) is 62.3 Å². The minimum Gasteiger partial charge on any atom is -0.367 e. The van der Waals surface area contributed by atoms with Gasteiger partial charge in [-0.05, 0) is 55.4 Å².